The molecular formula is C28H31N3O4S. The maximum absolute atomic E-state index is 13.0. The summed E-state index contributed by atoms with van der Waals surface area (Å²) in [6.45, 7) is 7.36. The summed E-state index contributed by atoms with van der Waals surface area (Å²) in [5, 5.41) is 3.90. The zero-order chi connectivity index (χ0) is 26.1. The summed E-state index contributed by atoms with van der Waals surface area (Å²) < 4.78 is 34.0. The molecule has 3 N–H and O–H groups in total. The predicted octanol–water partition coefficient (Wildman–Crippen LogP) is 5.41. The highest BCUT2D eigenvalue weighted by molar-refractivity contribution is 7.89. The minimum absolute atomic E-state index is 0.146. The fourth-order valence-electron chi connectivity index (χ4n) is 4.21. The van der Waals surface area contributed by atoms with Gasteiger partial charge in [0, 0.05) is 33.4 Å². The number of fused-ring (bicyclic) bond motifs is 1. The summed E-state index contributed by atoms with van der Waals surface area (Å²) in [6, 6.07) is 19.8. The van der Waals surface area contributed by atoms with Crippen LogP contribution >= 0.6 is 0 Å². The molecule has 0 saturated carbocycles. The van der Waals surface area contributed by atoms with E-state index < -0.39 is 15.6 Å². The van der Waals surface area contributed by atoms with Crippen LogP contribution < -0.4 is 14.8 Å². The van der Waals surface area contributed by atoms with Crippen molar-refractivity contribution in [1.29, 1.82) is 0 Å². The Bertz CT molecular complexity index is 1510. The van der Waals surface area contributed by atoms with E-state index >= 15 is 0 Å². The van der Waals surface area contributed by atoms with Gasteiger partial charge in [-0.3, -0.25) is 4.79 Å². The topological polar surface area (TPSA) is 100 Å². The largest absolute Gasteiger partial charge is 0.497 e. The normalized spacial score (nSPS) is 12.0. The highest BCUT2D eigenvalue weighted by atomic mass is 32.2. The summed E-state index contributed by atoms with van der Waals surface area (Å²) in [5.41, 5.74) is 4.17. The lowest BCUT2D eigenvalue weighted by atomic mass is 10.0. The van der Waals surface area contributed by atoms with Gasteiger partial charge in [-0.25, -0.2) is 13.1 Å². The van der Waals surface area contributed by atoms with Crippen LogP contribution in [0.2, 0.25) is 0 Å². The Morgan fingerprint density at radius 1 is 1.00 bits per heavy atom. The van der Waals surface area contributed by atoms with Crippen LogP contribution in [0.3, 0.4) is 0 Å². The Kier molecular flexibility index (Phi) is 6.93. The molecule has 3 aromatic carbocycles. The molecule has 36 heavy (non-hydrogen) atoms. The van der Waals surface area contributed by atoms with Crippen LogP contribution in [-0.2, 0) is 21.2 Å². The van der Waals surface area contributed by atoms with Crippen LogP contribution in [0.25, 0.3) is 22.0 Å². The molecular weight excluding hydrogens is 474 g/mol. The molecule has 0 spiro atoms. The fraction of sp³-hybridized carbons (Fsp3) is 0.250. The first kappa shape index (κ1) is 25.5. The van der Waals surface area contributed by atoms with Crippen LogP contribution in [0, 0.1) is 6.92 Å². The van der Waals surface area contributed by atoms with Crippen LogP contribution in [0.15, 0.2) is 71.6 Å². The quantitative estimate of drug-likeness (QED) is 0.313. The van der Waals surface area contributed by atoms with Gasteiger partial charge in [0.05, 0.1) is 18.4 Å². The maximum Gasteiger partial charge on any atom is 0.241 e. The van der Waals surface area contributed by atoms with E-state index in [0.717, 1.165) is 33.5 Å². The van der Waals surface area contributed by atoms with Gasteiger partial charge in [-0.05, 0) is 75.2 Å². The van der Waals surface area contributed by atoms with Crippen molar-refractivity contribution in [3.8, 4) is 16.9 Å². The van der Waals surface area contributed by atoms with E-state index in [1.54, 1.807) is 64.3 Å². The van der Waals surface area contributed by atoms with Crippen molar-refractivity contribution >= 4 is 32.5 Å². The van der Waals surface area contributed by atoms with Crippen LogP contribution in [-0.4, -0.2) is 32.0 Å². The average molecular weight is 506 g/mol. The molecule has 0 fully saturated rings. The Morgan fingerprint density at radius 2 is 1.69 bits per heavy atom. The molecule has 0 aliphatic rings. The van der Waals surface area contributed by atoms with Crippen LogP contribution in [0.5, 0.6) is 5.75 Å². The number of hydrogen-bond acceptors (Lipinski definition) is 4. The Balaban J connectivity index is 1.53. The summed E-state index contributed by atoms with van der Waals surface area (Å²) in [7, 11) is -2.10. The van der Waals surface area contributed by atoms with Crippen molar-refractivity contribution in [3.05, 3.63) is 78.0 Å². The lowest BCUT2D eigenvalue weighted by Crippen LogP contribution is -2.40. The molecule has 0 aliphatic carbocycles. The van der Waals surface area contributed by atoms with E-state index in [9.17, 15) is 13.2 Å². The first-order chi connectivity index (χ1) is 17.0. The van der Waals surface area contributed by atoms with Gasteiger partial charge in [0.2, 0.25) is 15.9 Å². The summed E-state index contributed by atoms with van der Waals surface area (Å²) in [6.07, 6.45) is 0.209. The number of amides is 1. The number of anilines is 1. The second-order valence-corrected chi connectivity index (χ2v) is 11.4. The van der Waals surface area contributed by atoms with Gasteiger partial charge >= 0.3 is 0 Å². The lowest BCUT2D eigenvalue weighted by Gasteiger charge is -2.21. The summed E-state index contributed by atoms with van der Waals surface area (Å²) in [5.74, 6) is 0.589. The minimum atomic E-state index is -3.71. The molecule has 188 valence electrons. The number of aryl methyl sites for hydroxylation is 1. The first-order valence-corrected chi connectivity index (χ1v) is 13.1. The molecule has 0 radical (unpaired) electrons. The number of aromatic amines is 1. The predicted molar refractivity (Wildman–Crippen MR) is 144 cm³/mol. The van der Waals surface area contributed by atoms with E-state index in [0.29, 0.717) is 11.3 Å². The smallest absolute Gasteiger partial charge is 0.241 e. The number of H-pyrrole nitrogens is 1. The van der Waals surface area contributed by atoms with E-state index in [1.807, 2.05) is 37.3 Å². The molecule has 1 heterocycles. The summed E-state index contributed by atoms with van der Waals surface area (Å²) >= 11 is 0. The number of hydrogen-bond donors (Lipinski definition) is 3. The van der Waals surface area contributed by atoms with Crippen LogP contribution in [0.4, 0.5) is 5.69 Å². The molecule has 0 atom stereocenters. The Hall–Kier alpha value is -3.62. The van der Waals surface area contributed by atoms with Crippen molar-refractivity contribution < 1.29 is 17.9 Å². The third-order valence-electron chi connectivity index (χ3n) is 5.76. The SMILES string of the molecule is COc1ccc2[nH]c(C)c(CC(=O)Nc3ccc(-c4ccccc4S(=O)(=O)NC(C)(C)C)cc3)c2c1. The Labute approximate surface area is 211 Å². The van der Waals surface area contributed by atoms with Crippen LogP contribution in [0.1, 0.15) is 32.0 Å². The van der Waals surface area contributed by atoms with Gasteiger partial charge < -0.3 is 15.0 Å². The number of benzene rings is 3. The molecule has 4 rings (SSSR count). The van der Waals surface area contributed by atoms with Crippen molar-refractivity contribution in [2.75, 3.05) is 12.4 Å². The molecule has 0 aliphatic heterocycles. The molecule has 0 bridgehead atoms. The molecule has 8 heteroatoms. The maximum atomic E-state index is 13.0. The minimum Gasteiger partial charge on any atom is -0.497 e. The third-order valence-corrected chi connectivity index (χ3v) is 7.58. The number of sulfonamides is 1. The third kappa shape index (κ3) is 5.61. The number of rotatable bonds is 7. The molecule has 7 nitrogen and oxygen atoms in total. The summed E-state index contributed by atoms with van der Waals surface area (Å²) in [4.78, 5) is 16.4. The van der Waals surface area contributed by atoms with E-state index in [4.69, 9.17) is 4.74 Å². The van der Waals surface area contributed by atoms with E-state index in [-0.39, 0.29) is 17.2 Å². The van der Waals surface area contributed by atoms with E-state index in [1.165, 1.54) is 0 Å². The van der Waals surface area contributed by atoms with Gasteiger partial charge in [0.1, 0.15) is 5.75 Å². The number of carbonyl (C=O) groups excluding carboxylic acids is 1. The standard InChI is InChI=1S/C28H31N3O4S/c1-18-23(24-16-21(35-5)14-15-25(24)29-18)17-27(32)30-20-12-10-19(11-13-20)22-8-6-7-9-26(22)36(33,34)31-28(2,3)4/h6-16,29,31H,17H2,1-5H3,(H,30,32). The van der Waals surface area contributed by atoms with Gasteiger partial charge in [-0.2, -0.15) is 0 Å². The number of carbonyl (C=O) groups is 1. The zero-order valence-corrected chi connectivity index (χ0v) is 21.9. The molecule has 1 amide bonds. The number of methoxy groups -OCH3 is 1. The van der Waals surface area contributed by atoms with Gasteiger partial charge in [0.15, 0.2) is 0 Å². The zero-order valence-electron chi connectivity index (χ0n) is 21.1. The second-order valence-electron chi connectivity index (χ2n) is 9.79. The molecule has 1 aromatic heterocycles. The monoisotopic (exact) mass is 505 g/mol. The van der Waals surface area contributed by atoms with Crippen molar-refractivity contribution in [2.45, 2.75) is 44.6 Å². The lowest BCUT2D eigenvalue weighted by molar-refractivity contribution is -0.115. The van der Waals surface area contributed by atoms with Gasteiger partial charge in [0.25, 0.3) is 0 Å². The highest BCUT2D eigenvalue weighted by Gasteiger charge is 2.24. The second kappa shape index (κ2) is 9.79. The Morgan fingerprint density at radius 3 is 2.36 bits per heavy atom. The average Bonchev–Trinajstić information content (AvgIpc) is 3.12. The van der Waals surface area contributed by atoms with Crippen molar-refractivity contribution in [2.24, 2.45) is 0 Å². The number of nitrogens with one attached hydrogen (secondary N) is 3. The highest BCUT2D eigenvalue weighted by Crippen LogP contribution is 2.30. The number of ether oxygens (including phenoxy) is 1. The molecule has 4 aromatic rings. The van der Waals surface area contributed by atoms with Crippen molar-refractivity contribution in [1.82, 2.24) is 9.71 Å². The van der Waals surface area contributed by atoms with Crippen molar-refractivity contribution in [3.63, 3.8) is 0 Å². The van der Waals surface area contributed by atoms with E-state index in [2.05, 4.69) is 15.0 Å². The fourth-order valence-corrected chi connectivity index (χ4v) is 5.86. The first-order valence-electron chi connectivity index (χ1n) is 11.7. The van der Waals surface area contributed by atoms with Gasteiger partial charge in [-0.15, -0.1) is 0 Å². The molecule has 0 unspecified atom stereocenters. The number of aromatic nitrogens is 1. The molecule has 0 saturated heterocycles. The van der Waals surface area contributed by atoms with Gasteiger partial charge in [-0.1, -0.05) is 30.3 Å².